The molecule has 1 aliphatic carbocycles. The maximum atomic E-state index is 13.1. The molecule has 2 aromatic rings. The summed E-state index contributed by atoms with van der Waals surface area (Å²) in [4.78, 5) is 26.0. The van der Waals surface area contributed by atoms with E-state index in [1.807, 2.05) is 0 Å². The van der Waals surface area contributed by atoms with Crippen LogP contribution in [0.1, 0.15) is 60.7 Å². The number of hydrogen-bond donors (Lipinski definition) is 2. The quantitative estimate of drug-likeness (QED) is 0.530. The first-order valence-electron chi connectivity index (χ1n) is 12.1. The van der Waals surface area contributed by atoms with Gasteiger partial charge in [0.15, 0.2) is 23.0 Å². The van der Waals surface area contributed by atoms with E-state index in [1.165, 1.54) is 0 Å². The molecule has 1 saturated carbocycles. The van der Waals surface area contributed by atoms with Crippen molar-refractivity contribution in [2.24, 2.45) is 10.8 Å². The predicted molar refractivity (Wildman–Crippen MR) is 138 cm³/mol. The number of ether oxygens (including phenoxy) is 4. The van der Waals surface area contributed by atoms with Gasteiger partial charge in [-0.3, -0.25) is 9.59 Å². The highest BCUT2D eigenvalue weighted by molar-refractivity contribution is 5.95. The van der Waals surface area contributed by atoms with Gasteiger partial charge in [0, 0.05) is 23.7 Å². The number of carbonyl (C=O) groups is 2. The Kier molecular flexibility index (Phi) is 8.38. The lowest BCUT2D eigenvalue weighted by atomic mass is 9.62. The van der Waals surface area contributed by atoms with Gasteiger partial charge in [-0.15, -0.1) is 0 Å². The summed E-state index contributed by atoms with van der Waals surface area (Å²) in [6.45, 7) is 7.07. The molecule has 8 heteroatoms. The van der Waals surface area contributed by atoms with Crippen LogP contribution in [0.2, 0.25) is 0 Å². The molecule has 196 valence electrons. The molecule has 2 N–H and O–H groups in total. The van der Waals surface area contributed by atoms with Crippen LogP contribution < -0.4 is 29.6 Å². The van der Waals surface area contributed by atoms with Gasteiger partial charge in [0.1, 0.15) is 0 Å². The Morgan fingerprint density at radius 3 is 1.78 bits per heavy atom. The van der Waals surface area contributed by atoms with E-state index < -0.39 is 0 Å². The molecule has 2 aromatic carbocycles. The summed E-state index contributed by atoms with van der Waals surface area (Å²) in [5.74, 6) is 1.83. The van der Waals surface area contributed by atoms with Crippen LogP contribution in [0, 0.1) is 10.8 Å². The number of amides is 2. The highest BCUT2D eigenvalue weighted by atomic mass is 16.5. The van der Waals surface area contributed by atoms with Crippen LogP contribution >= 0.6 is 0 Å². The minimum Gasteiger partial charge on any atom is -0.493 e. The molecular weight excluding hydrogens is 460 g/mol. The lowest BCUT2D eigenvalue weighted by molar-refractivity contribution is 0.0592. The molecule has 8 nitrogen and oxygen atoms in total. The average Bonchev–Trinajstić information content (AvgIpc) is 2.85. The summed E-state index contributed by atoms with van der Waals surface area (Å²) < 4.78 is 21.2. The summed E-state index contributed by atoms with van der Waals surface area (Å²) in [6.07, 6.45) is 2.53. The Labute approximate surface area is 213 Å². The minimum atomic E-state index is -0.191. The van der Waals surface area contributed by atoms with E-state index in [0.29, 0.717) is 40.7 Å². The van der Waals surface area contributed by atoms with Crippen LogP contribution in [-0.2, 0) is 0 Å². The van der Waals surface area contributed by atoms with Crippen molar-refractivity contribution in [2.45, 2.75) is 46.1 Å². The largest absolute Gasteiger partial charge is 0.493 e. The zero-order chi connectivity index (χ0) is 26.5. The van der Waals surface area contributed by atoms with E-state index in [0.717, 1.165) is 19.3 Å². The van der Waals surface area contributed by atoms with Crippen molar-refractivity contribution < 1.29 is 28.5 Å². The molecule has 2 atom stereocenters. The number of rotatable bonds is 9. The van der Waals surface area contributed by atoms with Crippen LogP contribution in [-0.4, -0.2) is 52.8 Å². The highest BCUT2D eigenvalue weighted by Gasteiger charge is 2.42. The van der Waals surface area contributed by atoms with E-state index in [1.54, 1.807) is 64.8 Å². The molecule has 0 aliphatic heterocycles. The van der Waals surface area contributed by atoms with E-state index >= 15 is 0 Å². The van der Waals surface area contributed by atoms with Crippen LogP contribution in [0.25, 0.3) is 0 Å². The molecule has 36 heavy (non-hydrogen) atoms. The Bertz CT molecular complexity index is 1100. The van der Waals surface area contributed by atoms with Crippen LogP contribution in [0.15, 0.2) is 36.4 Å². The van der Waals surface area contributed by atoms with Gasteiger partial charge in [-0.2, -0.15) is 0 Å². The number of methoxy groups -OCH3 is 4. The molecule has 0 spiro atoms. The smallest absolute Gasteiger partial charge is 0.251 e. The van der Waals surface area contributed by atoms with Gasteiger partial charge in [-0.25, -0.2) is 0 Å². The standard InChI is InChI=1S/C28H38N2O6/c1-27(2)14-20(30-26(32)19-9-11-22(34-5)24(13-19)36-7)15-28(3,16-27)17-29-25(31)18-8-10-21(33-4)23(12-18)35-6/h8-13,20H,14-17H2,1-7H3,(H,29,31)(H,30,32). The third kappa shape index (κ3) is 6.42. The number of hydrogen-bond acceptors (Lipinski definition) is 6. The Morgan fingerprint density at radius 1 is 0.778 bits per heavy atom. The van der Waals surface area contributed by atoms with Gasteiger partial charge in [0.2, 0.25) is 0 Å². The minimum absolute atomic E-state index is 0.00337. The van der Waals surface area contributed by atoms with Crippen molar-refractivity contribution in [3.8, 4) is 23.0 Å². The molecule has 0 aromatic heterocycles. The second-order valence-corrected chi connectivity index (χ2v) is 10.6. The topological polar surface area (TPSA) is 95.1 Å². The van der Waals surface area contributed by atoms with E-state index in [2.05, 4.69) is 31.4 Å². The lowest BCUT2D eigenvalue weighted by Gasteiger charge is -2.47. The molecule has 0 heterocycles. The second-order valence-electron chi connectivity index (χ2n) is 10.6. The first-order chi connectivity index (χ1) is 17.0. The third-order valence-electron chi connectivity index (χ3n) is 6.75. The van der Waals surface area contributed by atoms with Gasteiger partial charge < -0.3 is 29.6 Å². The number of carbonyl (C=O) groups excluding carboxylic acids is 2. The number of benzene rings is 2. The molecule has 1 fully saturated rings. The fourth-order valence-electron chi connectivity index (χ4n) is 5.49. The monoisotopic (exact) mass is 498 g/mol. The highest BCUT2D eigenvalue weighted by Crippen LogP contribution is 2.46. The predicted octanol–water partition coefficient (Wildman–Crippen LogP) is 4.47. The SMILES string of the molecule is COc1ccc(C(=O)NCC2(C)CC(NC(=O)c3ccc(OC)c(OC)c3)CC(C)(C)C2)cc1OC. The summed E-state index contributed by atoms with van der Waals surface area (Å²) in [5, 5.41) is 6.29. The van der Waals surface area contributed by atoms with Crippen molar-refractivity contribution >= 4 is 11.8 Å². The maximum absolute atomic E-state index is 13.1. The summed E-state index contributed by atoms with van der Waals surface area (Å²) >= 11 is 0. The van der Waals surface area contributed by atoms with E-state index in [4.69, 9.17) is 18.9 Å². The second kappa shape index (κ2) is 11.1. The van der Waals surface area contributed by atoms with E-state index in [9.17, 15) is 9.59 Å². The van der Waals surface area contributed by atoms with Crippen molar-refractivity contribution in [3.63, 3.8) is 0 Å². The fraction of sp³-hybridized carbons (Fsp3) is 0.500. The lowest BCUT2D eigenvalue weighted by Crippen LogP contribution is -2.50. The van der Waals surface area contributed by atoms with Crippen LogP contribution in [0.4, 0.5) is 0 Å². The molecule has 2 amide bonds. The van der Waals surface area contributed by atoms with E-state index in [-0.39, 0.29) is 28.7 Å². The normalized spacial score (nSPS) is 20.7. The molecule has 0 bridgehead atoms. The molecule has 2 unspecified atom stereocenters. The summed E-state index contributed by atoms with van der Waals surface area (Å²) in [5.41, 5.74) is 0.823. The van der Waals surface area contributed by atoms with Gasteiger partial charge in [0.05, 0.1) is 28.4 Å². The zero-order valence-corrected chi connectivity index (χ0v) is 22.3. The Hall–Kier alpha value is -3.42. The molecule has 0 saturated heterocycles. The Morgan fingerprint density at radius 2 is 1.28 bits per heavy atom. The van der Waals surface area contributed by atoms with Gasteiger partial charge >= 0.3 is 0 Å². The molecule has 0 radical (unpaired) electrons. The number of nitrogens with one attached hydrogen (secondary N) is 2. The van der Waals surface area contributed by atoms with Crippen molar-refractivity contribution in [2.75, 3.05) is 35.0 Å². The molecule has 3 rings (SSSR count). The van der Waals surface area contributed by atoms with Crippen molar-refractivity contribution in [1.82, 2.24) is 10.6 Å². The first kappa shape index (κ1) is 27.2. The van der Waals surface area contributed by atoms with Gasteiger partial charge in [-0.05, 0) is 66.5 Å². The first-order valence-corrected chi connectivity index (χ1v) is 12.1. The van der Waals surface area contributed by atoms with Gasteiger partial charge in [0.25, 0.3) is 11.8 Å². The Balaban J connectivity index is 1.69. The van der Waals surface area contributed by atoms with Crippen molar-refractivity contribution in [3.05, 3.63) is 47.5 Å². The third-order valence-corrected chi connectivity index (χ3v) is 6.75. The zero-order valence-electron chi connectivity index (χ0n) is 22.3. The fourth-order valence-corrected chi connectivity index (χ4v) is 5.49. The summed E-state index contributed by atoms with van der Waals surface area (Å²) in [7, 11) is 6.21. The van der Waals surface area contributed by atoms with Crippen LogP contribution in [0.3, 0.4) is 0 Å². The summed E-state index contributed by atoms with van der Waals surface area (Å²) in [6, 6.07) is 10.2. The molecular formula is C28H38N2O6. The molecule has 1 aliphatic rings. The average molecular weight is 499 g/mol. The van der Waals surface area contributed by atoms with Crippen molar-refractivity contribution in [1.29, 1.82) is 0 Å². The van der Waals surface area contributed by atoms with Crippen LogP contribution in [0.5, 0.6) is 23.0 Å². The maximum Gasteiger partial charge on any atom is 0.251 e. The van der Waals surface area contributed by atoms with Gasteiger partial charge in [-0.1, -0.05) is 20.8 Å².